The first kappa shape index (κ1) is 12.0. The van der Waals surface area contributed by atoms with Crippen molar-refractivity contribution in [1.82, 2.24) is 10.3 Å². The highest BCUT2D eigenvalue weighted by molar-refractivity contribution is 5.98. The summed E-state index contributed by atoms with van der Waals surface area (Å²) in [6.07, 6.45) is 4.49. The van der Waals surface area contributed by atoms with Crippen molar-refractivity contribution in [3.8, 4) is 0 Å². The van der Waals surface area contributed by atoms with E-state index >= 15 is 0 Å². The average molecular weight is 233 g/mol. The molecule has 1 unspecified atom stereocenters. The van der Waals surface area contributed by atoms with Gasteiger partial charge in [0, 0.05) is 5.69 Å². The van der Waals surface area contributed by atoms with Gasteiger partial charge in [0.05, 0.1) is 17.4 Å². The van der Waals surface area contributed by atoms with Gasteiger partial charge in [-0.1, -0.05) is 6.92 Å². The van der Waals surface area contributed by atoms with Crippen molar-refractivity contribution in [3.05, 3.63) is 24.0 Å². The molecule has 2 heterocycles. The smallest absolute Gasteiger partial charge is 0.244 e. The number of amides is 1. The van der Waals surface area contributed by atoms with E-state index in [0.29, 0.717) is 0 Å². The molecule has 2 rings (SSSR count). The van der Waals surface area contributed by atoms with E-state index in [-0.39, 0.29) is 11.4 Å². The number of nitrogens with zero attached hydrogens (tertiary/aromatic N) is 1. The lowest BCUT2D eigenvalue weighted by Gasteiger charge is -2.26. The Morgan fingerprint density at radius 3 is 2.94 bits per heavy atom. The summed E-state index contributed by atoms with van der Waals surface area (Å²) >= 11 is 0. The first-order chi connectivity index (χ1) is 8.16. The lowest BCUT2D eigenvalue weighted by Crippen LogP contribution is -2.50. The van der Waals surface area contributed by atoms with Crippen LogP contribution in [0.4, 0.5) is 5.69 Å². The monoisotopic (exact) mass is 233 g/mol. The number of carbonyl (C=O) groups excluding carboxylic acids is 1. The predicted molar refractivity (Wildman–Crippen MR) is 67.9 cm³/mol. The molecule has 0 aliphatic carbocycles. The molecule has 1 aromatic rings. The third-order valence-electron chi connectivity index (χ3n) is 3.45. The quantitative estimate of drug-likeness (QED) is 0.838. The molecule has 1 saturated heterocycles. The van der Waals surface area contributed by atoms with Gasteiger partial charge in [0.2, 0.25) is 5.91 Å². The standard InChI is InChI=1S/C13H19N3O/c1-3-13(7-4-8-15-13)12(17)16-11-6-5-10(2)14-9-11/h5-6,9,15H,3-4,7-8H2,1-2H3,(H,16,17). The molecule has 1 atom stereocenters. The topological polar surface area (TPSA) is 54.0 Å². The molecule has 4 nitrogen and oxygen atoms in total. The van der Waals surface area contributed by atoms with Crippen LogP contribution in [0.25, 0.3) is 0 Å². The maximum absolute atomic E-state index is 12.3. The molecule has 92 valence electrons. The molecule has 1 fully saturated rings. The van der Waals surface area contributed by atoms with Gasteiger partial charge in [-0.2, -0.15) is 0 Å². The second kappa shape index (κ2) is 4.84. The Morgan fingerprint density at radius 1 is 1.59 bits per heavy atom. The second-order valence-electron chi connectivity index (χ2n) is 4.61. The first-order valence-corrected chi connectivity index (χ1v) is 6.15. The summed E-state index contributed by atoms with van der Waals surface area (Å²) in [5.74, 6) is 0.0585. The summed E-state index contributed by atoms with van der Waals surface area (Å²) in [5, 5.41) is 6.26. The molecule has 2 N–H and O–H groups in total. The van der Waals surface area contributed by atoms with Crippen LogP contribution in [-0.2, 0) is 4.79 Å². The summed E-state index contributed by atoms with van der Waals surface area (Å²) in [7, 11) is 0. The lowest BCUT2D eigenvalue weighted by molar-refractivity contribution is -0.122. The summed E-state index contributed by atoms with van der Waals surface area (Å²) in [6.45, 7) is 4.90. The molecule has 17 heavy (non-hydrogen) atoms. The van der Waals surface area contributed by atoms with E-state index in [2.05, 4.69) is 15.6 Å². The number of hydrogen-bond acceptors (Lipinski definition) is 3. The van der Waals surface area contributed by atoms with Gasteiger partial charge in [0.1, 0.15) is 0 Å². The largest absolute Gasteiger partial charge is 0.323 e. The fourth-order valence-corrected chi connectivity index (χ4v) is 2.25. The van der Waals surface area contributed by atoms with Crippen LogP contribution >= 0.6 is 0 Å². The van der Waals surface area contributed by atoms with Crippen LogP contribution in [0.1, 0.15) is 31.9 Å². The first-order valence-electron chi connectivity index (χ1n) is 6.15. The Labute approximate surface area is 102 Å². The van der Waals surface area contributed by atoms with Crippen molar-refractivity contribution in [2.24, 2.45) is 0 Å². The summed E-state index contributed by atoms with van der Waals surface area (Å²) in [4.78, 5) is 16.4. The van der Waals surface area contributed by atoms with Crippen LogP contribution < -0.4 is 10.6 Å². The number of anilines is 1. The van der Waals surface area contributed by atoms with E-state index in [9.17, 15) is 4.79 Å². The van der Waals surface area contributed by atoms with Crippen molar-refractivity contribution in [2.45, 2.75) is 38.6 Å². The average Bonchev–Trinajstić information content (AvgIpc) is 2.82. The molecular formula is C13H19N3O. The molecule has 1 aliphatic rings. The second-order valence-corrected chi connectivity index (χ2v) is 4.61. The Hall–Kier alpha value is -1.42. The highest BCUT2D eigenvalue weighted by Crippen LogP contribution is 2.24. The summed E-state index contributed by atoms with van der Waals surface area (Å²) < 4.78 is 0. The van der Waals surface area contributed by atoms with Crippen LogP contribution in [0.5, 0.6) is 0 Å². The van der Waals surface area contributed by atoms with E-state index < -0.39 is 0 Å². The zero-order valence-corrected chi connectivity index (χ0v) is 10.4. The molecule has 4 heteroatoms. The Morgan fingerprint density at radius 2 is 2.41 bits per heavy atom. The van der Waals surface area contributed by atoms with Crippen molar-refractivity contribution in [2.75, 3.05) is 11.9 Å². The van der Waals surface area contributed by atoms with Gasteiger partial charge in [-0.05, 0) is 44.9 Å². The number of aryl methyl sites for hydroxylation is 1. The van der Waals surface area contributed by atoms with Gasteiger partial charge in [-0.3, -0.25) is 9.78 Å². The van der Waals surface area contributed by atoms with E-state index in [0.717, 1.165) is 37.2 Å². The third kappa shape index (κ3) is 2.47. The Bertz CT molecular complexity index is 394. The van der Waals surface area contributed by atoms with Crippen molar-refractivity contribution < 1.29 is 4.79 Å². The fraction of sp³-hybridized carbons (Fsp3) is 0.538. The van der Waals surface area contributed by atoms with Crippen molar-refractivity contribution >= 4 is 11.6 Å². The Balaban J connectivity index is 2.08. The number of hydrogen-bond donors (Lipinski definition) is 2. The lowest BCUT2D eigenvalue weighted by atomic mass is 9.93. The molecule has 1 amide bonds. The van der Waals surface area contributed by atoms with Gasteiger partial charge in [-0.25, -0.2) is 0 Å². The fourth-order valence-electron chi connectivity index (χ4n) is 2.25. The molecule has 1 aliphatic heterocycles. The number of nitrogens with one attached hydrogen (secondary N) is 2. The Kier molecular flexibility index (Phi) is 3.43. The summed E-state index contributed by atoms with van der Waals surface area (Å²) in [5.41, 5.74) is 1.33. The van der Waals surface area contributed by atoms with Gasteiger partial charge >= 0.3 is 0 Å². The van der Waals surface area contributed by atoms with Gasteiger partial charge in [0.15, 0.2) is 0 Å². The molecule has 1 aromatic heterocycles. The minimum Gasteiger partial charge on any atom is -0.323 e. The highest BCUT2D eigenvalue weighted by Gasteiger charge is 2.38. The summed E-state index contributed by atoms with van der Waals surface area (Å²) in [6, 6.07) is 3.79. The molecule has 0 aromatic carbocycles. The van der Waals surface area contributed by atoms with Crippen LogP contribution in [0.15, 0.2) is 18.3 Å². The maximum atomic E-state index is 12.3. The molecule has 0 saturated carbocycles. The minimum absolute atomic E-state index is 0.0585. The van der Waals surface area contributed by atoms with Crippen molar-refractivity contribution in [3.63, 3.8) is 0 Å². The van der Waals surface area contributed by atoms with Gasteiger partial charge in [0.25, 0.3) is 0 Å². The van der Waals surface area contributed by atoms with Crippen LogP contribution in [0.2, 0.25) is 0 Å². The van der Waals surface area contributed by atoms with Crippen LogP contribution in [0.3, 0.4) is 0 Å². The number of carbonyl (C=O) groups is 1. The van der Waals surface area contributed by atoms with Crippen molar-refractivity contribution in [1.29, 1.82) is 0 Å². The zero-order chi connectivity index (χ0) is 12.3. The maximum Gasteiger partial charge on any atom is 0.244 e. The van der Waals surface area contributed by atoms with Crippen LogP contribution in [-0.4, -0.2) is 23.0 Å². The highest BCUT2D eigenvalue weighted by atomic mass is 16.2. The van der Waals surface area contributed by atoms with E-state index in [1.807, 2.05) is 26.0 Å². The van der Waals surface area contributed by atoms with Gasteiger partial charge < -0.3 is 10.6 Å². The molecular weight excluding hydrogens is 214 g/mol. The molecule has 0 radical (unpaired) electrons. The van der Waals surface area contributed by atoms with E-state index in [1.54, 1.807) is 6.20 Å². The SMILES string of the molecule is CCC1(C(=O)Nc2ccc(C)nc2)CCCN1. The minimum atomic E-state index is -0.384. The van der Waals surface area contributed by atoms with Crippen LogP contribution in [0, 0.1) is 6.92 Å². The number of aromatic nitrogens is 1. The number of rotatable bonds is 3. The predicted octanol–water partition coefficient (Wildman–Crippen LogP) is 1.86. The molecule has 0 bridgehead atoms. The molecule has 0 spiro atoms. The van der Waals surface area contributed by atoms with E-state index in [1.165, 1.54) is 0 Å². The third-order valence-corrected chi connectivity index (χ3v) is 3.45. The normalized spacial score (nSPS) is 23.6. The van der Waals surface area contributed by atoms with E-state index in [4.69, 9.17) is 0 Å². The number of pyridine rings is 1. The zero-order valence-electron chi connectivity index (χ0n) is 10.4. The van der Waals surface area contributed by atoms with Gasteiger partial charge in [-0.15, -0.1) is 0 Å².